The van der Waals surface area contributed by atoms with E-state index in [0.29, 0.717) is 29.4 Å². The molecule has 0 radical (unpaired) electrons. The summed E-state index contributed by atoms with van der Waals surface area (Å²) < 4.78 is 7.52. The van der Waals surface area contributed by atoms with Gasteiger partial charge >= 0.3 is 0 Å². The van der Waals surface area contributed by atoms with E-state index in [1.165, 1.54) is 5.56 Å². The van der Waals surface area contributed by atoms with Crippen LogP contribution in [-0.2, 0) is 19.0 Å². The van der Waals surface area contributed by atoms with Gasteiger partial charge in [-0.15, -0.1) is 0 Å². The molecular formula is C23H27N3O2. The zero-order valence-electron chi connectivity index (χ0n) is 17.1. The molecular weight excluding hydrogens is 350 g/mol. The Hall–Kier alpha value is -3.08. The van der Waals surface area contributed by atoms with Crippen molar-refractivity contribution < 1.29 is 9.53 Å². The van der Waals surface area contributed by atoms with Crippen LogP contribution >= 0.6 is 0 Å². The van der Waals surface area contributed by atoms with Gasteiger partial charge in [-0.2, -0.15) is 5.10 Å². The van der Waals surface area contributed by atoms with Crippen LogP contribution in [0.25, 0.3) is 0 Å². The van der Waals surface area contributed by atoms with Crippen LogP contribution in [-0.4, -0.2) is 15.7 Å². The highest BCUT2D eigenvalue weighted by Crippen LogP contribution is 2.27. The number of nitrogens with zero attached hydrogens (tertiary/aromatic N) is 2. The van der Waals surface area contributed by atoms with Crippen molar-refractivity contribution in [1.82, 2.24) is 15.1 Å². The van der Waals surface area contributed by atoms with E-state index in [-0.39, 0.29) is 11.3 Å². The van der Waals surface area contributed by atoms with Crippen molar-refractivity contribution in [2.45, 2.75) is 39.7 Å². The minimum atomic E-state index is -0.198. The number of aryl methyl sites for hydroxylation is 2. The third-order valence-corrected chi connectivity index (χ3v) is 4.63. The number of para-hydroxylation sites is 1. The summed E-state index contributed by atoms with van der Waals surface area (Å²) in [6.45, 7) is 8.81. The molecule has 2 aromatic carbocycles. The average molecular weight is 377 g/mol. The van der Waals surface area contributed by atoms with E-state index < -0.39 is 0 Å². The number of hydrogen-bond donors (Lipinski definition) is 1. The van der Waals surface area contributed by atoms with Crippen molar-refractivity contribution >= 4 is 5.91 Å². The van der Waals surface area contributed by atoms with Crippen molar-refractivity contribution in [3.8, 4) is 11.6 Å². The van der Waals surface area contributed by atoms with E-state index in [0.717, 1.165) is 5.56 Å². The summed E-state index contributed by atoms with van der Waals surface area (Å²) in [7, 11) is 1.77. The number of carbonyl (C=O) groups is 1. The first-order valence-electron chi connectivity index (χ1n) is 9.40. The van der Waals surface area contributed by atoms with Gasteiger partial charge in [-0.25, -0.2) is 4.68 Å². The van der Waals surface area contributed by atoms with Crippen LogP contribution in [0.15, 0.2) is 54.6 Å². The molecule has 1 N–H and O–H groups in total. The number of amides is 1. The lowest BCUT2D eigenvalue weighted by molar-refractivity contribution is 0.0947. The van der Waals surface area contributed by atoms with E-state index in [9.17, 15) is 4.79 Å². The summed E-state index contributed by atoms with van der Waals surface area (Å²) in [5.41, 5.74) is 3.52. The molecule has 1 aromatic heterocycles. The number of aromatic nitrogens is 2. The van der Waals surface area contributed by atoms with Crippen molar-refractivity contribution in [3.63, 3.8) is 0 Å². The monoisotopic (exact) mass is 377 g/mol. The molecule has 0 aliphatic carbocycles. The first-order valence-corrected chi connectivity index (χ1v) is 9.40. The van der Waals surface area contributed by atoms with Gasteiger partial charge in [0.05, 0.1) is 5.69 Å². The van der Waals surface area contributed by atoms with Gasteiger partial charge in [0.1, 0.15) is 11.3 Å². The van der Waals surface area contributed by atoms with Crippen LogP contribution in [0, 0.1) is 6.92 Å². The Balaban J connectivity index is 1.74. The number of rotatable bonds is 5. The molecule has 1 amide bonds. The van der Waals surface area contributed by atoms with Gasteiger partial charge in [0.2, 0.25) is 5.88 Å². The summed E-state index contributed by atoms with van der Waals surface area (Å²) in [6.07, 6.45) is 0. The summed E-state index contributed by atoms with van der Waals surface area (Å²) in [5.74, 6) is 0.901. The molecule has 0 fully saturated rings. The molecule has 5 nitrogen and oxygen atoms in total. The van der Waals surface area contributed by atoms with Crippen LogP contribution in [0.4, 0.5) is 0 Å². The summed E-state index contributed by atoms with van der Waals surface area (Å²) in [5, 5.41) is 7.33. The molecule has 28 heavy (non-hydrogen) atoms. The number of benzene rings is 2. The Morgan fingerprint density at radius 1 is 1.07 bits per heavy atom. The normalized spacial score (nSPS) is 11.3. The predicted octanol–water partition coefficient (Wildman–Crippen LogP) is 4.75. The maximum Gasteiger partial charge on any atom is 0.258 e. The zero-order chi connectivity index (χ0) is 20.3. The third-order valence-electron chi connectivity index (χ3n) is 4.63. The highest BCUT2D eigenvalue weighted by molar-refractivity contribution is 5.97. The summed E-state index contributed by atoms with van der Waals surface area (Å²) >= 11 is 0. The molecule has 146 valence electrons. The van der Waals surface area contributed by atoms with Crippen LogP contribution in [0.5, 0.6) is 11.6 Å². The fourth-order valence-electron chi connectivity index (χ4n) is 3.01. The van der Waals surface area contributed by atoms with Crippen molar-refractivity contribution in [2.24, 2.45) is 7.05 Å². The number of carbonyl (C=O) groups excluding carboxylic acids is 1. The zero-order valence-corrected chi connectivity index (χ0v) is 17.1. The number of hydrogen-bond acceptors (Lipinski definition) is 3. The summed E-state index contributed by atoms with van der Waals surface area (Å²) in [6, 6.07) is 17.7. The van der Waals surface area contributed by atoms with Gasteiger partial charge < -0.3 is 10.1 Å². The molecule has 0 spiro atoms. The maximum atomic E-state index is 12.8. The first kappa shape index (κ1) is 19.7. The quantitative estimate of drug-likeness (QED) is 0.698. The Morgan fingerprint density at radius 3 is 2.32 bits per heavy atom. The molecule has 0 aliphatic heterocycles. The SMILES string of the molecule is Cc1nn(C)c(Oc2ccccc2)c1C(=O)NCc1ccc(C(C)(C)C)cc1. The molecule has 3 rings (SSSR count). The molecule has 1 heterocycles. The molecule has 0 aliphatic rings. The third kappa shape index (κ3) is 4.42. The first-order chi connectivity index (χ1) is 13.3. The lowest BCUT2D eigenvalue weighted by atomic mass is 9.87. The Labute approximate surface area is 166 Å². The van der Waals surface area contributed by atoms with Crippen molar-refractivity contribution in [3.05, 3.63) is 77.0 Å². The topological polar surface area (TPSA) is 56.2 Å². The van der Waals surface area contributed by atoms with E-state index in [4.69, 9.17) is 4.74 Å². The second-order valence-electron chi connectivity index (χ2n) is 7.93. The van der Waals surface area contributed by atoms with Crippen LogP contribution in [0.2, 0.25) is 0 Å². The largest absolute Gasteiger partial charge is 0.438 e. The van der Waals surface area contributed by atoms with E-state index in [1.54, 1.807) is 11.7 Å². The van der Waals surface area contributed by atoms with Gasteiger partial charge in [0.25, 0.3) is 5.91 Å². The van der Waals surface area contributed by atoms with E-state index in [2.05, 4.69) is 55.5 Å². The lowest BCUT2D eigenvalue weighted by Crippen LogP contribution is -2.23. The average Bonchev–Trinajstić information content (AvgIpc) is 2.93. The second-order valence-corrected chi connectivity index (χ2v) is 7.93. The van der Waals surface area contributed by atoms with Gasteiger partial charge in [0, 0.05) is 13.6 Å². The van der Waals surface area contributed by atoms with Crippen LogP contribution in [0.3, 0.4) is 0 Å². The minimum Gasteiger partial charge on any atom is -0.438 e. The molecule has 0 bridgehead atoms. The van der Waals surface area contributed by atoms with Gasteiger partial charge in [0.15, 0.2) is 0 Å². The molecule has 0 atom stereocenters. The Kier molecular flexibility index (Phi) is 5.54. The second kappa shape index (κ2) is 7.89. The summed E-state index contributed by atoms with van der Waals surface area (Å²) in [4.78, 5) is 12.8. The molecule has 0 unspecified atom stereocenters. The van der Waals surface area contributed by atoms with E-state index in [1.807, 2.05) is 37.3 Å². The van der Waals surface area contributed by atoms with Crippen molar-refractivity contribution in [2.75, 3.05) is 0 Å². The Bertz CT molecular complexity index is 952. The van der Waals surface area contributed by atoms with Gasteiger partial charge in [-0.1, -0.05) is 63.2 Å². The standard InChI is InChI=1S/C23H27N3O2/c1-16-20(22(26(5)25-16)28-19-9-7-6-8-10-19)21(27)24-15-17-11-13-18(14-12-17)23(2,3)4/h6-14H,15H2,1-5H3,(H,24,27). The van der Waals surface area contributed by atoms with Crippen molar-refractivity contribution in [1.29, 1.82) is 0 Å². The fraction of sp³-hybridized carbons (Fsp3) is 0.304. The predicted molar refractivity (Wildman–Crippen MR) is 111 cm³/mol. The Morgan fingerprint density at radius 2 is 1.71 bits per heavy atom. The number of nitrogens with one attached hydrogen (secondary N) is 1. The van der Waals surface area contributed by atoms with Crippen LogP contribution in [0.1, 0.15) is 48.0 Å². The van der Waals surface area contributed by atoms with Crippen LogP contribution < -0.4 is 10.1 Å². The van der Waals surface area contributed by atoms with Gasteiger partial charge in [-0.3, -0.25) is 4.79 Å². The number of ether oxygens (including phenoxy) is 1. The minimum absolute atomic E-state index is 0.109. The van der Waals surface area contributed by atoms with E-state index >= 15 is 0 Å². The highest BCUT2D eigenvalue weighted by atomic mass is 16.5. The molecule has 0 saturated carbocycles. The molecule has 0 saturated heterocycles. The maximum absolute atomic E-state index is 12.8. The fourth-order valence-corrected chi connectivity index (χ4v) is 3.01. The lowest BCUT2D eigenvalue weighted by Gasteiger charge is -2.19. The highest BCUT2D eigenvalue weighted by Gasteiger charge is 2.22. The molecule has 5 heteroatoms. The molecule has 3 aromatic rings. The smallest absolute Gasteiger partial charge is 0.258 e. The van der Waals surface area contributed by atoms with Gasteiger partial charge in [-0.05, 0) is 35.6 Å².